The fourth-order valence-corrected chi connectivity index (χ4v) is 1.80. The second kappa shape index (κ2) is 8.70. The van der Waals surface area contributed by atoms with Gasteiger partial charge in [0.25, 0.3) is 0 Å². The highest BCUT2D eigenvalue weighted by molar-refractivity contribution is 5.77. The average molecular weight is 248 g/mol. The largest absolute Gasteiger partial charge is 0.355 e. The first-order valence-corrected chi connectivity index (χ1v) is 6.76. The lowest BCUT2D eigenvalue weighted by molar-refractivity contribution is -0.120. The van der Waals surface area contributed by atoms with Gasteiger partial charge in [0.1, 0.15) is 0 Å². The van der Waals surface area contributed by atoms with Crippen LogP contribution in [0.5, 0.6) is 0 Å². The molecule has 0 saturated carbocycles. The van der Waals surface area contributed by atoms with Crippen molar-refractivity contribution in [1.29, 1.82) is 0 Å². The summed E-state index contributed by atoms with van der Waals surface area (Å²) < 4.78 is 0. The third-order valence-corrected chi connectivity index (χ3v) is 2.98. The molecule has 100 valence electrons. The highest BCUT2D eigenvalue weighted by Crippen LogP contribution is 2.17. The van der Waals surface area contributed by atoms with Crippen molar-refractivity contribution < 1.29 is 4.79 Å². The molecule has 2 N–H and O–H groups in total. The van der Waals surface area contributed by atoms with E-state index in [1.807, 2.05) is 6.07 Å². The molecule has 1 rings (SSSR count). The summed E-state index contributed by atoms with van der Waals surface area (Å²) in [5, 5.41) is 6.03. The van der Waals surface area contributed by atoms with Crippen molar-refractivity contribution in [2.24, 2.45) is 0 Å². The first-order chi connectivity index (χ1) is 8.74. The first kappa shape index (κ1) is 14.7. The predicted octanol–water partition coefficient (Wildman–Crippen LogP) is 2.30. The molecule has 18 heavy (non-hydrogen) atoms. The lowest BCUT2D eigenvalue weighted by Crippen LogP contribution is -2.34. The summed E-state index contributed by atoms with van der Waals surface area (Å²) in [7, 11) is 0. The quantitative estimate of drug-likeness (QED) is 0.693. The maximum absolute atomic E-state index is 11.3. The van der Waals surface area contributed by atoms with Crippen LogP contribution in [0.25, 0.3) is 0 Å². The summed E-state index contributed by atoms with van der Waals surface area (Å²) in [6.07, 6.45) is 2.03. The standard InChI is InChI=1S/C15H24N2O/c1-3-10-17-15(18)12-16-11-9-13(2)14-7-5-4-6-8-14/h4-8,13,16H,3,9-12H2,1-2H3,(H,17,18). The van der Waals surface area contributed by atoms with E-state index in [1.165, 1.54) is 5.56 Å². The van der Waals surface area contributed by atoms with E-state index >= 15 is 0 Å². The summed E-state index contributed by atoms with van der Waals surface area (Å²) in [5.41, 5.74) is 1.36. The smallest absolute Gasteiger partial charge is 0.233 e. The van der Waals surface area contributed by atoms with Gasteiger partial charge in [0.05, 0.1) is 6.54 Å². The van der Waals surface area contributed by atoms with Crippen molar-refractivity contribution in [1.82, 2.24) is 10.6 Å². The molecule has 1 atom stereocenters. The fourth-order valence-electron chi connectivity index (χ4n) is 1.80. The minimum absolute atomic E-state index is 0.0872. The molecule has 0 heterocycles. The number of nitrogens with one attached hydrogen (secondary N) is 2. The number of carbonyl (C=O) groups is 1. The van der Waals surface area contributed by atoms with Crippen molar-refractivity contribution in [2.45, 2.75) is 32.6 Å². The van der Waals surface area contributed by atoms with Crippen LogP contribution in [0, 0.1) is 0 Å². The Morgan fingerprint density at radius 2 is 1.94 bits per heavy atom. The zero-order valence-corrected chi connectivity index (χ0v) is 11.4. The molecule has 0 radical (unpaired) electrons. The third-order valence-electron chi connectivity index (χ3n) is 2.98. The highest BCUT2D eigenvalue weighted by atomic mass is 16.1. The van der Waals surface area contributed by atoms with Gasteiger partial charge in [-0.2, -0.15) is 0 Å². The normalized spacial score (nSPS) is 12.1. The monoisotopic (exact) mass is 248 g/mol. The summed E-state index contributed by atoms with van der Waals surface area (Å²) in [5.74, 6) is 0.613. The lowest BCUT2D eigenvalue weighted by atomic mass is 9.98. The Balaban J connectivity index is 2.13. The molecular formula is C15H24N2O. The molecule has 1 amide bonds. The predicted molar refractivity (Wildman–Crippen MR) is 75.6 cm³/mol. The van der Waals surface area contributed by atoms with Gasteiger partial charge in [0, 0.05) is 6.54 Å². The van der Waals surface area contributed by atoms with Gasteiger partial charge in [-0.05, 0) is 30.9 Å². The van der Waals surface area contributed by atoms with Gasteiger partial charge in [-0.25, -0.2) is 0 Å². The zero-order chi connectivity index (χ0) is 13.2. The van der Waals surface area contributed by atoms with Crippen molar-refractivity contribution in [3.05, 3.63) is 35.9 Å². The Kier molecular flexibility index (Phi) is 7.11. The van der Waals surface area contributed by atoms with Crippen LogP contribution in [0.1, 0.15) is 38.2 Å². The minimum Gasteiger partial charge on any atom is -0.355 e. The Hall–Kier alpha value is -1.35. The molecule has 0 aromatic heterocycles. The molecule has 0 aliphatic heterocycles. The second-order valence-electron chi connectivity index (χ2n) is 4.63. The van der Waals surface area contributed by atoms with Crippen LogP contribution in [0.15, 0.2) is 30.3 Å². The van der Waals surface area contributed by atoms with Gasteiger partial charge < -0.3 is 10.6 Å². The fraction of sp³-hybridized carbons (Fsp3) is 0.533. The first-order valence-electron chi connectivity index (χ1n) is 6.76. The molecule has 0 spiro atoms. The lowest BCUT2D eigenvalue weighted by Gasteiger charge is -2.12. The van der Waals surface area contributed by atoms with Crippen LogP contribution in [0.4, 0.5) is 0 Å². The van der Waals surface area contributed by atoms with E-state index in [0.717, 1.165) is 25.9 Å². The maximum atomic E-state index is 11.3. The van der Waals surface area contributed by atoms with Gasteiger partial charge in [0.15, 0.2) is 0 Å². The summed E-state index contributed by atoms with van der Waals surface area (Å²) >= 11 is 0. The van der Waals surface area contributed by atoms with Crippen LogP contribution < -0.4 is 10.6 Å². The second-order valence-corrected chi connectivity index (χ2v) is 4.63. The van der Waals surface area contributed by atoms with E-state index in [0.29, 0.717) is 12.5 Å². The van der Waals surface area contributed by atoms with Crippen LogP contribution in [-0.2, 0) is 4.79 Å². The SMILES string of the molecule is CCCNC(=O)CNCCC(C)c1ccccc1. The van der Waals surface area contributed by atoms with Gasteiger partial charge in [-0.1, -0.05) is 44.2 Å². The number of benzene rings is 1. The molecule has 0 bridgehead atoms. The molecule has 3 heteroatoms. The van der Waals surface area contributed by atoms with E-state index in [4.69, 9.17) is 0 Å². The Morgan fingerprint density at radius 1 is 1.22 bits per heavy atom. The van der Waals surface area contributed by atoms with Crippen LogP contribution in [0.2, 0.25) is 0 Å². The summed E-state index contributed by atoms with van der Waals surface area (Å²) in [6, 6.07) is 10.5. The van der Waals surface area contributed by atoms with E-state index in [1.54, 1.807) is 0 Å². The molecule has 1 aromatic rings. The molecule has 1 aromatic carbocycles. The molecule has 3 nitrogen and oxygen atoms in total. The third kappa shape index (κ3) is 5.82. The van der Waals surface area contributed by atoms with Gasteiger partial charge in [0.2, 0.25) is 5.91 Å². The zero-order valence-electron chi connectivity index (χ0n) is 11.4. The van der Waals surface area contributed by atoms with Crippen LogP contribution in [-0.4, -0.2) is 25.5 Å². The Labute approximate surface area is 110 Å². The van der Waals surface area contributed by atoms with Gasteiger partial charge in [-0.15, -0.1) is 0 Å². The van der Waals surface area contributed by atoms with Crippen molar-refractivity contribution >= 4 is 5.91 Å². The Morgan fingerprint density at radius 3 is 2.61 bits per heavy atom. The van der Waals surface area contributed by atoms with Crippen molar-refractivity contribution in [3.63, 3.8) is 0 Å². The highest BCUT2D eigenvalue weighted by Gasteiger charge is 2.04. The Bertz CT molecular complexity index is 338. The van der Waals surface area contributed by atoms with E-state index < -0.39 is 0 Å². The van der Waals surface area contributed by atoms with Crippen molar-refractivity contribution in [2.75, 3.05) is 19.6 Å². The molecule has 0 aliphatic rings. The topological polar surface area (TPSA) is 41.1 Å². The van der Waals surface area contributed by atoms with E-state index in [2.05, 4.69) is 48.7 Å². The molecular weight excluding hydrogens is 224 g/mol. The molecule has 0 fully saturated rings. The number of amides is 1. The summed E-state index contributed by atoms with van der Waals surface area (Å²) in [6.45, 7) is 6.32. The van der Waals surface area contributed by atoms with Crippen molar-refractivity contribution in [3.8, 4) is 0 Å². The van der Waals surface area contributed by atoms with Crippen LogP contribution >= 0.6 is 0 Å². The number of carbonyl (C=O) groups excluding carboxylic acids is 1. The molecule has 0 saturated heterocycles. The molecule has 0 aliphatic carbocycles. The minimum atomic E-state index is 0.0872. The maximum Gasteiger partial charge on any atom is 0.233 e. The number of hydrogen-bond acceptors (Lipinski definition) is 2. The van der Waals surface area contributed by atoms with Crippen LogP contribution in [0.3, 0.4) is 0 Å². The number of hydrogen-bond donors (Lipinski definition) is 2. The average Bonchev–Trinajstić information content (AvgIpc) is 2.42. The molecule has 1 unspecified atom stereocenters. The summed E-state index contributed by atoms with van der Waals surface area (Å²) in [4.78, 5) is 11.3. The van der Waals surface area contributed by atoms with E-state index in [-0.39, 0.29) is 5.91 Å². The van der Waals surface area contributed by atoms with Gasteiger partial charge >= 0.3 is 0 Å². The van der Waals surface area contributed by atoms with E-state index in [9.17, 15) is 4.79 Å². The van der Waals surface area contributed by atoms with Gasteiger partial charge in [-0.3, -0.25) is 4.79 Å². The number of rotatable bonds is 8.